The third-order valence-electron chi connectivity index (χ3n) is 14.8. The van der Waals surface area contributed by atoms with E-state index in [0.717, 1.165) is 51.4 Å². The third kappa shape index (κ3) is 58.9. The Morgan fingerprint density at radius 3 is 1.08 bits per heavy atom. The first-order valence-corrected chi connectivity index (χ1v) is 32.4. The molecule has 428 valence electrons. The number of hydrogen-bond acceptors (Lipinski definition) is 5. The maximum Gasteiger partial charge on any atom is 0.305 e. The lowest BCUT2D eigenvalue weighted by Crippen LogP contribution is -2.45. The maximum atomic E-state index is 12.5. The van der Waals surface area contributed by atoms with Crippen molar-refractivity contribution in [3.05, 3.63) is 48.6 Å². The van der Waals surface area contributed by atoms with Crippen LogP contribution in [0, 0.1) is 0 Å². The van der Waals surface area contributed by atoms with E-state index in [1.165, 1.54) is 263 Å². The van der Waals surface area contributed by atoms with Crippen LogP contribution < -0.4 is 5.32 Å². The lowest BCUT2D eigenvalue weighted by molar-refractivity contribution is -0.143. The van der Waals surface area contributed by atoms with Crippen LogP contribution in [-0.4, -0.2) is 47.4 Å². The molecule has 2 atom stereocenters. The van der Waals surface area contributed by atoms with Gasteiger partial charge in [0.25, 0.3) is 0 Å². The number of amides is 1. The molecule has 0 spiro atoms. The topological polar surface area (TPSA) is 95.9 Å². The van der Waals surface area contributed by atoms with Crippen molar-refractivity contribution in [2.45, 2.75) is 353 Å². The van der Waals surface area contributed by atoms with E-state index >= 15 is 0 Å². The van der Waals surface area contributed by atoms with Crippen LogP contribution in [0.3, 0.4) is 0 Å². The molecule has 0 heterocycles. The van der Waals surface area contributed by atoms with Gasteiger partial charge in [0.15, 0.2) is 0 Å². The number of carbonyl (C=O) groups excluding carboxylic acids is 2. The Hall–Kier alpha value is -2.18. The summed E-state index contributed by atoms with van der Waals surface area (Å²) in [6, 6.07) is -0.627. The highest BCUT2D eigenvalue weighted by molar-refractivity contribution is 5.76. The Labute approximate surface area is 455 Å². The fourth-order valence-electron chi connectivity index (χ4n) is 9.84. The van der Waals surface area contributed by atoms with Crippen molar-refractivity contribution in [2.75, 3.05) is 13.2 Å². The van der Waals surface area contributed by atoms with Gasteiger partial charge < -0.3 is 20.3 Å². The Morgan fingerprint density at radius 1 is 0.384 bits per heavy atom. The zero-order chi connectivity index (χ0) is 52.9. The molecule has 0 aliphatic carbocycles. The molecule has 0 aromatic carbocycles. The smallest absolute Gasteiger partial charge is 0.305 e. The number of allylic oxidation sites excluding steroid dienone is 7. The molecule has 0 aliphatic rings. The minimum atomic E-state index is -0.843. The van der Waals surface area contributed by atoms with Crippen LogP contribution in [-0.2, 0) is 14.3 Å². The summed E-state index contributed by atoms with van der Waals surface area (Å²) in [7, 11) is 0. The molecule has 0 rings (SSSR count). The Kier molecular flexibility index (Phi) is 60.5. The molecule has 0 aliphatic heterocycles. The molecule has 0 fully saturated rings. The molecule has 73 heavy (non-hydrogen) atoms. The van der Waals surface area contributed by atoms with Gasteiger partial charge in [-0.3, -0.25) is 9.59 Å². The molecule has 3 N–H and O–H groups in total. The zero-order valence-electron chi connectivity index (χ0n) is 48.9. The van der Waals surface area contributed by atoms with Gasteiger partial charge in [0.1, 0.15) is 0 Å². The van der Waals surface area contributed by atoms with E-state index in [-0.39, 0.29) is 18.5 Å². The van der Waals surface area contributed by atoms with E-state index in [9.17, 15) is 19.8 Å². The van der Waals surface area contributed by atoms with Gasteiger partial charge in [0, 0.05) is 12.8 Å². The summed E-state index contributed by atoms with van der Waals surface area (Å²) < 4.78 is 5.46. The summed E-state index contributed by atoms with van der Waals surface area (Å²) in [6.45, 7) is 4.88. The average molecular weight is 1020 g/mol. The first kappa shape index (κ1) is 70.8. The molecular weight excluding hydrogens is 899 g/mol. The van der Waals surface area contributed by atoms with E-state index in [4.69, 9.17) is 4.74 Å². The van der Waals surface area contributed by atoms with Gasteiger partial charge in [0.2, 0.25) is 5.91 Å². The fraction of sp³-hybridized carbons (Fsp3) is 0.851. The summed E-state index contributed by atoms with van der Waals surface area (Å²) >= 11 is 0. The minimum absolute atomic E-state index is 0.00244. The highest BCUT2D eigenvalue weighted by Gasteiger charge is 2.18. The number of esters is 1. The average Bonchev–Trinajstić information content (AvgIpc) is 3.39. The predicted octanol–water partition coefficient (Wildman–Crippen LogP) is 20.5. The Bertz CT molecular complexity index is 1230. The van der Waals surface area contributed by atoms with E-state index in [0.29, 0.717) is 19.4 Å². The zero-order valence-corrected chi connectivity index (χ0v) is 48.9. The van der Waals surface area contributed by atoms with Gasteiger partial charge in [0.05, 0.1) is 25.4 Å². The number of carbonyl (C=O) groups is 2. The lowest BCUT2D eigenvalue weighted by atomic mass is 10.0. The highest BCUT2D eigenvalue weighted by Crippen LogP contribution is 2.17. The van der Waals surface area contributed by atoms with Gasteiger partial charge in [-0.05, 0) is 89.9 Å². The van der Waals surface area contributed by atoms with Crippen molar-refractivity contribution in [1.29, 1.82) is 0 Å². The monoisotopic (exact) mass is 1020 g/mol. The van der Waals surface area contributed by atoms with Crippen molar-refractivity contribution in [3.8, 4) is 0 Å². The van der Waals surface area contributed by atoms with Crippen molar-refractivity contribution < 1.29 is 24.5 Å². The summed E-state index contributed by atoms with van der Waals surface area (Å²) in [6.07, 6.45) is 80.3. The minimum Gasteiger partial charge on any atom is -0.466 e. The van der Waals surface area contributed by atoms with Gasteiger partial charge in [-0.2, -0.15) is 0 Å². The molecule has 0 saturated carbocycles. The quantitative estimate of drug-likeness (QED) is 0.0320. The number of nitrogens with one attached hydrogen (secondary N) is 1. The van der Waals surface area contributed by atoms with Crippen LogP contribution in [0.25, 0.3) is 0 Å². The standard InChI is InChI=1S/C67H125NO5/c1-3-5-7-9-11-13-15-36-39-43-47-51-55-59-65(70)64(63-69)68-66(71)60-56-52-48-44-40-37-34-32-30-28-26-24-22-20-18-17-19-21-23-25-27-29-31-33-35-38-42-46-50-54-58-62-73-67(72)61-57-53-49-45-41-16-14-12-10-8-6-4-2/h12,14,19,21,25,27,55,59,64-65,69-70H,3-11,13,15-18,20,22-24,26,28-54,56-58,60-63H2,1-2H3,(H,68,71)/b14-12-,21-19-,27-25-,59-55+. The van der Waals surface area contributed by atoms with E-state index in [1.54, 1.807) is 6.08 Å². The first-order valence-electron chi connectivity index (χ1n) is 32.4. The van der Waals surface area contributed by atoms with E-state index in [1.807, 2.05) is 6.08 Å². The molecule has 0 bridgehead atoms. The lowest BCUT2D eigenvalue weighted by Gasteiger charge is -2.20. The second-order valence-corrected chi connectivity index (χ2v) is 22.1. The Balaban J connectivity index is 3.41. The summed E-state index contributed by atoms with van der Waals surface area (Å²) in [4.78, 5) is 24.5. The van der Waals surface area contributed by atoms with Gasteiger partial charge in [-0.25, -0.2) is 0 Å². The van der Waals surface area contributed by atoms with Crippen LogP contribution in [0.15, 0.2) is 48.6 Å². The maximum absolute atomic E-state index is 12.5. The summed E-state index contributed by atoms with van der Waals surface area (Å²) in [5, 5.41) is 23.1. The number of rotatable bonds is 60. The largest absolute Gasteiger partial charge is 0.466 e. The van der Waals surface area contributed by atoms with Crippen LogP contribution in [0.2, 0.25) is 0 Å². The van der Waals surface area contributed by atoms with E-state index < -0.39 is 12.1 Å². The fourth-order valence-corrected chi connectivity index (χ4v) is 9.84. The molecule has 0 aromatic rings. The predicted molar refractivity (Wildman–Crippen MR) is 319 cm³/mol. The van der Waals surface area contributed by atoms with Crippen LogP contribution in [0.4, 0.5) is 0 Å². The molecule has 0 saturated heterocycles. The Morgan fingerprint density at radius 2 is 0.685 bits per heavy atom. The van der Waals surface area contributed by atoms with E-state index in [2.05, 4.69) is 55.6 Å². The highest BCUT2D eigenvalue weighted by atomic mass is 16.5. The molecule has 0 aromatic heterocycles. The number of ether oxygens (including phenoxy) is 1. The van der Waals surface area contributed by atoms with Gasteiger partial charge in [-0.15, -0.1) is 0 Å². The van der Waals surface area contributed by atoms with Gasteiger partial charge >= 0.3 is 5.97 Å². The van der Waals surface area contributed by atoms with Crippen LogP contribution in [0.1, 0.15) is 341 Å². The first-order chi connectivity index (χ1) is 36.0. The number of hydrogen-bond donors (Lipinski definition) is 3. The number of unbranched alkanes of at least 4 members (excludes halogenated alkanes) is 43. The van der Waals surface area contributed by atoms with Crippen molar-refractivity contribution in [3.63, 3.8) is 0 Å². The number of aliphatic hydroxyl groups is 2. The molecule has 2 unspecified atom stereocenters. The van der Waals surface area contributed by atoms with Crippen LogP contribution >= 0.6 is 0 Å². The van der Waals surface area contributed by atoms with Crippen molar-refractivity contribution >= 4 is 11.9 Å². The second-order valence-electron chi connectivity index (χ2n) is 22.1. The molecule has 1 amide bonds. The molecule has 6 heteroatoms. The van der Waals surface area contributed by atoms with Gasteiger partial charge in [-0.1, -0.05) is 287 Å². The van der Waals surface area contributed by atoms with Crippen LogP contribution in [0.5, 0.6) is 0 Å². The second kappa shape index (κ2) is 62.4. The SMILES string of the molecule is CCCCC/C=C\CCCCCCCC(=O)OCCCCCCCCCCC/C=C\C/C=C\CCCCCCCCCCCCCCCCCC(=O)NC(CO)C(O)/C=C/CCCCCCCCCCCCC. The third-order valence-corrected chi connectivity index (χ3v) is 14.8. The summed E-state index contributed by atoms with van der Waals surface area (Å²) in [5.74, 6) is -0.0647. The normalized spacial score (nSPS) is 12.9. The van der Waals surface area contributed by atoms with Crippen molar-refractivity contribution in [2.24, 2.45) is 0 Å². The molecule has 0 radical (unpaired) electrons. The molecule has 6 nitrogen and oxygen atoms in total. The number of aliphatic hydroxyl groups excluding tert-OH is 2. The summed E-state index contributed by atoms with van der Waals surface area (Å²) in [5.41, 5.74) is 0. The molecular formula is C67H125NO5. The van der Waals surface area contributed by atoms with Crippen molar-refractivity contribution in [1.82, 2.24) is 5.32 Å².